The van der Waals surface area contributed by atoms with Gasteiger partial charge in [0.1, 0.15) is 5.82 Å². The van der Waals surface area contributed by atoms with E-state index >= 15 is 4.39 Å². The molecular formula is C31H40ClF. The molecule has 0 aromatic heterocycles. The van der Waals surface area contributed by atoms with Crippen molar-refractivity contribution >= 4 is 11.6 Å². The molecule has 0 saturated heterocycles. The molecule has 2 aromatic carbocycles. The van der Waals surface area contributed by atoms with E-state index in [2.05, 4.69) is 37.3 Å². The van der Waals surface area contributed by atoms with Gasteiger partial charge in [-0.1, -0.05) is 87.0 Å². The minimum Gasteiger partial charge on any atom is -0.205 e. The molecule has 33 heavy (non-hydrogen) atoms. The summed E-state index contributed by atoms with van der Waals surface area (Å²) in [5, 5.41) is 0.356. The standard InChI is InChI=1S/C31H40ClF/c1-2-21-3-5-22(6-4-21)7-8-23-9-11-27(12-10-23)29-20-19-28(30(32)31(29)33)26-17-15-25(16-18-26)24-13-14-24/h9-12,19-22,24-26H,2-8,13-18H2,1H3. The first-order chi connectivity index (χ1) is 16.1. The minimum atomic E-state index is -0.237. The Hall–Kier alpha value is -1.34. The number of hydrogen-bond donors (Lipinski definition) is 0. The molecule has 0 N–H and O–H groups in total. The predicted octanol–water partition coefficient (Wildman–Crippen LogP) is 9.98. The van der Waals surface area contributed by atoms with Crippen LogP contribution >= 0.6 is 11.6 Å². The van der Waals surface area contributed by atoms with Crippen LogP contribution in [0.5, 0.6) is 0 Å². The van der Waals surface area contributed by atoms with E-state index in [1.54, 1.807) is 0 Å². The van der Waals surface area contributed by atoms with Crippen molar-refractivity contribution in [2.45, 2.75) is 96.3 Å². The second kappa shape index (κ2) is 10.5. The van der Waals surface area contributed by atoms with Crippen molar-refractivity contribution in [3.63, 3.8) is 0 Å². The molecule has 2 aromatic rings. The van der Waals surface area contributed by atoms with Crippen LogP contribution in [0.15, 0.2) is 36.4 Å². The zero-order valence-electron chi connectivity index (χ0n) is 20.3. The summed E-state index contributed by atoms with van der Waals surface area (Å²) in [5.41, 5.74) is 3.97. The molecule has 0 atom stereocenters. The molecule has 0 heterocycles. The Labute approximate surface area is 205 Å². The summed E-state index contributed by atoms with van der Waals surface area (Å²) in [6.45, 7) is 2.33. The minimum absolute atomic E-state index is 0.237. The van der Waals surface area contributed by atoms with Gasteiger partial charge in [0, 0.05) is 5.56 Å². The van der Waals surface area contributed by atoms with E-state index < -0.39 is 0 Å². The molecule has 0 unspecified atom stereocenters. The fraction of sp³-hybridized carbons (Fsp3) is 0.613. The third-order valence-corrected chi connectivity index (χ3v) is 9.65. The second-order valence-electron chi connectivity index (χ2n) is 11.3. The maximum atomic E-state index is 15.3. The lowest BCUT2D eigenvalue weighted by atomic mass is 9.76. The summed E-state index contributed by atoms with van der Waals surface area (Å²) in [6.07, 6.45) is 17.1. The van der Waals surface area contributed by atoms with Crippen molar-refractivity contribution < 1.29 is 4.39 Å². The molecular weight excluding hydrogens is 427 g/mol. The molecule has 178 valence electrons. The lowest BCUT2D eigenvalue weighted by molar-refractivity contribution is 0.259. The highest BCUT2D eigenvalue weighted by Gasteiger charge is 2.35. The summed E-state index contributed by atoms with van der Waals surface area (Å²) in [4.78, 5) is 0. The van der Waals surface area contributed by atoms with Gasteiger partial charge in [0.05, 0.1) is 5.02 Å². The van der Waals surface area contributed by atoms with Gasteiger partial charge in [-0.25, -0.2) is 4.39 Å². The first kappa shape index (κ1) is 23.4. The van der Waals surface area contributed by atoms with E-state index in [4.69, 9.17) is 11.6 Å². The van der Waals surface area contributed by atoms with E-state index in [9.17, 15) is 0 Å². The van der Waals surface area contributed by atoms with Crippen LogP contribution in [0.2, 0.25) is 5.02 Å². The fourth-order valence-corrected chi connectivity index (χ4v) is 7.04. The van der Waals surface area contributed by atoms with Gasteiger partial charge in [0.2, 0.25) is 0 Å². The molecule has 3 saturated carbocycles. The molecule has 0 bridgehead atoms. The third kappa shape index (κ3) is 5.50. The topological polar surface area (TPSA) is 0 Å². The molecule has 3 fully saturated rings. The number of halogens is 2. The molecule has 0 nitrogen and oxygen atoms in total. The Morgan fingerprint density at radius 3 is 1.97 bits per heavy atom. The zero-order valence-corrected chi connectivity index (χ0v) is 21.1. The first-order valence-corrected chi connectivity index (χ1v) is 14.1. The molecule has 2 heteroatoms. The van der Waals surface area contributed by atoms with E-state index in [1.165, 1.54) is 69.8 Å². The Bertz CT molecular complexity index is 913. The number of hydrogen-bond acceptors (Lipinski definition) is 0. The van der Waals surface area contributed by atoms with Gasteiger partial charge in [-0.2, -0.15) is 0 Å². The normalized spacial score (nSPS) is 28.1. The molecule has 5 rings (SSSR count). The van der Waals surface area contributed by atoms with E-state index in [0.29, 0.717) is 16.5 Å². The quantitative estimate of drug-likeness (QED) is 0.380. The Morgan fingerprint density at radius 1 is 0.758 bits per heavy atom. The Morgan fingerprint density at radius 2 is 1.36 bits per heavy atom. The number of benzene rings is 2. The van der Waals surface area contributed by atoms with Crippen LogP contribution < -0.4 is 0 Å². The van der Waals surface area contributed by atoms with Gasteiger partial charge in [-0.3, -0.25) is 0 Å². The average Bonchev–Trinajstić information content (AvgIpc) is 3.71. The van der Waals surface area contributed by atoms with Crippen LogP contribution in [0.25, 0.3) is 11.1 Å². The monoisotopic (exact) mass is 466 g/mol. The second-order valence-corrected chi connectivity index (χ2v) is 11.7. The van der Waals surface area contributed by atoms with Gasteiger partial charge in [0.25, 0.3) is 0 Å². The van der Waals surface area contributed by atoms with Gasteiger partial charge in [0.15, 0.2) is 0 Å². The largest absolute Gasteiger partial charge is 0.205 e. The molecule has 3 aliphatic carbocycles. The molecule has 0 amide bonds. The lowest BCUT2D eigenvalue weighted by Gasteiger charge is -2.29. The van der Waals surface area contributed by atoms with Gasteiger partial charge in [-0.05, 0) is 97.6 Å². The van der Waals surface area contributed by atoms with Gasteiger partial charge >= 0.3 is 0 Å². The summed E-state index contributed by atoms with van der Waals surface area (Å²) >= 11 is 6.61. The van der Waals surface area contributed by atoms with Crippen LogP contribution in [-0.4, -0.2) is 0 Å². The van der Waals surface area contributed by atoms with E-state index in [1.807, 2.05) is 6.07 Å². The van der Waals surface area contributed by atoms with Crippen molar-refractivity contribution in [2.24, 2.45) is 23.7 Å². The predicted molar refractivity (Wildman–Crippen MR) is 138 cm³/mol. The molecule has 0 radical (unpaired) electrons. The Kier molecular flexibility index (Phi) is 7.45. The number of aryl methyl sites for hydroxylation is 1. The highest BCUT2D eigenvalue weighted by Crippen LogP contribution is 2.48. The maximum Gasteiger partial charge on any atom is 0.149 e. The SMILES string of the molecule is CCC1CCC(CCc2ccc(-c3ccc(C4CCC(C5CC5)CC4)c(Cl)c3F)cc2)CC1. The van der Waals surface area contributed by atoms with Crippen LogP contribution in [-0.2, 0) is 6.42 Å². The lowest BCUT2D eigenvalue weighted by Crippen LogP contribution is -2.15. The van der Waals surface area contributed by atoms with E-state index in [0.717, 1.165) is 54.1 Å². The van der Waals surface area contributed by atoms with Crippen LogP contribution in [0, 0.1) is 29.5 Å². The maximum absolute atomic E-state index is 15.3. The number of rotatable bonds is 7. The molecule has 0 spiro atoms. The van der Waals surface area contributed by atoms with Crippen molar-refractivity contribution in [3.8, 4) is 11.1 Å². The fourth-order valence-electron chi connectivity index (χ4n) is 6.72. The summed E-state index contributed by atoms with van der Waals surface area (Å²) in [5.74, 6) is 3.93. The summed E-state index contributed by atoms with van der Waals surface area (Å²) in [7, 11) is 0. The van der Waals surface area contributed by atoms with E-state index in [-0.39, 0.29) is 5.82 Å². The Balaban J connectivity index is 1.20. The zero-order chi connectivity index (χ0) is 22.8. The van der Waals surface area contributed by atoms with Gasteiger partial charge < -0.3 is 0 Å². The summed E-state index contributed by atoms with van der Waals surface area (Å²) in [6, 6.07) is 12.6. The third-order valence-electron chi connectivity index (χ3n) is 9.26. The highest BCUT2D eigenvalue weighted by molar-refractivity contribution is 6.32. The summed E-state index contributed by atoms with van der Waals surface area (Å²) < 4.78 is 15.3. The van der Waals surface area contributed by atoms with Crippen LogP contribution in [0.4, 0.5) is 4.39 Å². The van der Waals surface area contributed by atoms with Crippen molar-refractivity contribution in [1.29, 1.82) is 0 Å². The van der Waals surface area contributed by atoms with Crippen molar-refractivity contribution in [3.05, 3.63) is 58.4 Å². The average molecular weight is 467 g/mol. The highest BCUT2D eigenvalue weighted by atomic mass is 35.5. The van der Waals surface area contributed by atoms with Crippen molar-refractivity contribution in [1.82, 2.24) is 0 Å². The molecule has 0 aliphatic heterocycles. The van der Waals surface area contributed by atoms with Crippen LogP contribution in [0.1, 0.15) is 101 Å². The van der Waals surface area contributed by atoms with Crippen molar-refractivity contribution in [2.75, 3.05) is 0 Å². The van der Waals surface area contributed by atoms with Gasteiger partial charge in [-0.15, -0.1) is 0 Å². The molecule has 3 aliphatic rings. The van der Waals surface area contributed by atoms with Crippen LogP contribution in [0.3, 0.4) is 0 Å². The smallest absolute Gasteiger partial charge is 0.149 e. The first-order valence-electron chi connectivity index (χ1n) is 13.7.